The molecular weight excluding hydrogens is 252 g/mol. The van der Waals surface area contributed by atoms with Gasteiger partial charge in [0.25, 0.3) is 0 Å². The maximum atomic E-state index is 12.0. The Morgan fingerprint density at radius 1 is 0.900 bits per heavy atom. The van der Waals surface area contributed by atoms with Crippen LogP contribution in [0.2, 0.25) is 0 Å². The summed E-state index contributed by atoms with van der Waals surface area (Å²) in [4.78, 5) is 12.0. The number of benzene rings is 2. The minimum Gasteiger partial charge on any atom is -0.461 e. The van der Waals surface area contributed by atoms with Crippen molar-refractivity contribution in [3.05, 3.63) is 58.1 Å². The van der Waals surface area contributed by atoms with Gasteiger partial charge in [-0.1, -0.05) is 18.2 Å². The van der Waals surface area contributed by atoms with E-state index < -0.39 is 0 Å². The third kappa shape index (κ3) is 1.37. The molecule has 2 aromatic carbocycles. The van der Waals surface area contributed by atoms with Crippen molar-refractivity contribution in [2.24, 2.45) is 0 Å². The van der Waals surface area contributed by atoms with E-state index in [0.717, 1.165) is 33.1 Å². The number of hydrogen-bond donors (Lipinski definition) is 0. The highest BCUT2D eigenvalue weighted by Crippen LogP contribution is 2.34. The molecule has 3 nitrogen and oxygen atoms in total. The van der Waals surface area contributed by atoms with E-state index in [2.05, 4.69) is 0 Å². The van der Waals surface area contributed by atoms with E-state index in [1.165, 1.54) is 0 Å². The average Bonchev–Trinajstić information content (AvgIpc) is 2.81. The predicted octanol–water partition coefficient (Wildman–Crippen LogP) is 4.31. The molecule has 2 aromatic heterocycles. The Hall–Kier alpha value is -2.55. The zero-order chi connectivity index (χ0) is 13.9. The topological polar surface area (TPSA) is 43.4 Å². The second kappa shape index (κ2) is 3.73. The van der Waals surface area contributed by atoms with Crippen molar-refractivity contribution < 1.29 is 8.83 Å². The van der Waals surface area contributed by atoms with Crippen LogP contribution in [0.4, 0.5) is 0 Å². The van der Waals surface area contributed by atoms with Crippen LogP contribution in [-0.2, 0) is 0 Å². The van der Waals surface area contributed by atoms with Crippen LogP contribution in [-0.4, -0.2) is 0 Å². The van der Waals surface area contributed by atoms with Crippen LogP contribution in [0, 0.1) is 13.8 Å². The lowest BCUT2D eigenvalue weighted by Crippen LogP contribution is -1.99. The average molecular weight is 264 g/mol. The molecule has 0 unspecified atom stereocenters. The molecule has 0 atom stereocenters. The van der Waals surface area contributed by atoms with Crippen LogP contribution in [0.25, 0.3) is 32.7 Å². The fourth-order valence-electron chi connectivity index (χ4n) is 2.82. The van der Waals surface area contributed by atoms with Gasteiger partial charge in [0.15, 0.2) is 0 Å². The number of fused-ring (bicyclic) bond motifs is 5. The van der Waals surface area contributed by atoms with E-state index in [1.54, 1.807) is 6.07 Å². The van der Waals surface area contributed by atoms with Crippen molar-refractivity contribution in [2.75, 3.05) is 0 Å². The summed E-state index contributed by atoms with van der Waals surface area (Å²) in [5.74, 6) is 0.853. The van der Waals surface area contributed by atoms with Gasteiger partial charge in [0.05, 0.1) is 10.8 Å². The highest BCUT2D eigenvalue weighted by Gasteiger charge is 2.14. The van der Waals surface area contributed by atoms with E-state index in [1.807, 2.05) is 44.2 Å². The van der Waals surface area contributed by atoms with Crippen LogP contribution < -0.4 is 5.63 Å². The molecule has 0 bridgehead atoms. The van der Waals surface area contributed by atoms with Gasteiger partial charge in [0, 0.05) is 10.8 Å². The lowest BCUT2D eigenvalue weighted by Gasteiger charge is -2.04. The molecule has 0 saturated heterocycles. The quantitative estimate of drug-likeness (QED) is 0.351. The molecule has 0 spiro atoms. The molecule has 0 N–H and O–H groups in total. The first-order valence-corrected chi connectivity index (χ1v) is 6.50. The predicted molar refractivity (Wildman–Crippen MR) is 79.2 cm³/mol. The molecule has 0 amide bonds. The highest BCUT2D eigenvalue weighted by molar-refractivity contribution is 6.16. The number of hydrogen-bond acceptors (Lipinski definition) is 3. The smallest absolute Gasteiger partial charge is 0.344 e. The molecular formula is C17H12O3. The minimum atomic E-state index is -0.310. The number of furan rings is 1. The van der Waals surface area contributed by atoms with E-state index in [-0.39, 0.29) is 5.63 Å². The Labute approximate surface area is 114 Å². The molecule has 2 heterocycles. The molecule has 4 rings (SSSR count). The summed E-state index contributed by atoms with van der Waals surface area (Å²) in [5.41, 5.74) is 2.10. The van der Waals surface area contributed by atoms with Crippen LogP contribution in [0.1, 0.15) is 11.3 Å². The van der Waals surface area contributed by atoms with Crippen LogP contribution >= 0.6 is 0 Å². The minimum absolute atomic E-state index is 0.310. The first-order valence-electron chi connectivity index (χ1n) is 6.50. The molecule has 20 heavy (non-hydrogen) atoms. The van der Waals surface area contributed by atoms with Crippen LogP contribution in [0.3, 0.4) is 0 Å². The van der Waals surface area contributed by atoms with Crippen LogP contribution in [0.15, 0.2) is 50.0 Å². The van der Waals surface area contributed by atoms with Crippen molar-refractivity contribution in [3.63, 3.8) is 0 Å². The SMILES string of the molecule is Cc1cc2c(C)cc3oc(=O)c4ccccc4c3c2o1. The van der Waals surface area contributed by atoms with E-state index in [9.17, 15) is 4.79 Å². The fraction of sp³-hybridized carbons (Fsp3) is 0.118. The molecule has 98 valence electrons. The molecule has 0 aliphatic carbocycles. The van der Waals surface area contributed by atoms with Crippen molar-refractivity contribution in [1.82, 2.24) is 0 Å². The summed E-state index contributed by atoms with van der Waals surface area (Å²) in [6.45, 7) is 3.92. The van der Waals surface area contributed by atoms with Gasteiger partial charge in [-0.25, -0.2) is 4.79 Å². The second-order valence-electron chi connectivity index (χ2n) is 5.10. The first kappa shape index (κ1) is 11.3. The van der Waals surface area contributed by atoms with Gasteiger partial charge in [-0.3, -0.25) is 0 Å². The van der Waals surface area contributed by atoms with E-state index in [4.69, 9.17) is 8.83 Å². The molecule has 0 aliphatic rings. The molecule has 3 heteroatoms. The third-order valence-corrected chi connectivity index (χ3v) is 3.72. The Kier molecular flexibility index (Phi) is 2.11. The molecule has 0 fully saturated rings. The maximum absolute atomic E-state index is 12.0. The molecule has 0 saturated carbocycles. The van der Waals surface area contributed by atoms with Gasteiger partial charge in [-0.2, -0.15) is 0 Å². The lowest BCUT2D eigenvalue weighted by atomic mass is 10.0. The number of rotatable bonds is 0. The molecule has 4 aromatic rings. The standard InChI is InChI=1S/C17H12O3/c1-9-7-14-15(16-13(9)8-10(2)19-16)11-5-3-4-6-12(11)17(18)20-14/h3-8H,1-2H3. The molecule has 0 aliphatic heterocycles. The maximum Gasteiger partial charge on any atom is 0.344 e. The van der Waals surface area contributed by atoms with Gasteiger partial charge < -0.3 is 8.83 Å². The molecule has 0 radical (unpaired) electrons. The van der Waals surface area contributed by atoms with Crippen molar-refractivity contribution in [1.29, 1.82) is 0 Å². The van der Waals surface area contributed by atoms with Gasteiger partial charge in [-0.05, 0) is 37.6 Å². The van der Waals surface area contributed by atoms with Crippen molar-refractivity contribution in [3.8, 4) is 0 Å². The van der Waals surface area contributed by atoms with Gasteiger partial charge in [0.2, 0.25) is 0 Å². The summed E-state index contributed by atoms with van der Waals surface area (Å²) in [6, 6.07) is 11.4. The van der Waals surface area contributed by atoms with Crippen molar-refractivity contribution in [2.45, 2.75) is 13.8 Å². The normalized spacial score (nSPS) is 11.7. The Morgan fingerprint density at radius 3 is 2.45 bits per heavy atom. The lowest BCUT2D eigenvalue weighted by molar-refractivity contribution is 0.564. The van der Waals surface area contributed by atoms with E-state index >= 15 is 0 Å². The summed E-state index contributed by atoms with van der Waals surface area (Å²) < 4.78 is 11.3. The van der Waals surface area contributed by atoms with E-state index in [0.29, 0.717) is 11.0 Å². The summed E-state index contributed by atoms with van der Waals surface area (Å²) in [5, 5.41) is 3.39. The Balaban J connectivity index is 2.43. The van der Waals surface area contributed by atoms with Gasteiger partial charge in [-0.15, -0.1) is 0 Å². The Morgan fingerprint density at radius 2 is 1.65 bits per heavy atom. The number of aryl methyl sites for hydroxylation is 2. The monoisotopic (exact) mass is 264 g/mol. The first-order chi connectivity index (χ1) is 9.65. The summed E-state index contributed by atoms with van der Waals surface area (Å²) >= 11 is 0. The zero-order valence-corrected chi connectivity index (χ0v) is 11.2. The van der Waals surface area contributed by atoms with Crippen molar-refractivity contribution >= 4 is 32.7 Å². The summed E-state index contributed by atoms with van der Waals surface area (Å²) in [6.07, 6.45) is 0. The zero-order valence-electron chi connectivity index (χ0n) is 11.2. The third-order valence-electron chi connectivity index (χ3n) is 3.72. The van der Waals surface area contributed by atoms with Gasteiger partial charge in [0.1, 0.15) is 16.9 Å². The van der Waals surface area contributed by atoms with Crippen LogP contribution in [0.5, 0.6) is 0 Å². The largest absolute Gasteiger partial charge is 0.461 e. The fourth-order valence-corrected chi connectivity index (χ4v) is 2.82. The highest BCUT2D eigenvalue weighted by atomic mass is 16.4. The summed E-state index contributed by atoms with van der Waals surface area (Å²) in [7, 11) is 0. The second-order valence-corrected chi connectivity index (χ2v) is 5.10. The Bertz CT molecular complexity index is 1030. The van der Waals surface area contributed by atoms with Gasteiger partial charge >= 0.3 is 5.63 Å².